The van der Waals surface area contributed by atoms with E-state index in [2.05, 4.69) is 15.8 Å². The smallest absolute Gasteiger partial charge is 0.407 e. The summed E-state index contributed by atoms with van der Waals surface area (Å²) >= 11 is 0. The van der Waals surface area contributed by atoms with Crippen molar-refractivity contribution in [1.82, 2.24) is 10.7 Å². The van der Waals surface area contributed by atoms with Crippen LogP contribution in [0.3, 0.4) is 0 Å². The summed E-state index contributed by atoms with van der Waals surface area (Å²) in [5.74, 6) is -0.483. The summed E-state index contributed by atoms with van der Waals surface area (Å²) in [5.41, 5.74) is 4.07. The van der Waals surface area contributed by atoms with Gasteiger partial charge in [-0.15, -0.1) is 0 Å². The highest BCUT2D eigenvalue weighted by molar-refractivity contribution is 5.88. The number of amides is 2. The zero-order valence-electron chi connectivity index (χ0n) is 17.9. The molecular formula is C24H23N3O6. The molecule has 0 fully saturated rings. The number of nitrogens with one attached hydrogen (secondary N) is 2. The van der Waals surface area contributed by atoms with Gasteiger partial charge in [0.2, 0.25) is 5.91 Å². The van der Waals surface area contributed by atoms with Gasteiger partial charge in [0.1, 0.15) is 11.5 Å². The van der Waals surface area contributed by atoms with Gasteiger partial charge in [0.25, 0.3) is 0 Å². The highest BCUT2D eigenvalue weighted by Crippen LogP contribution is 2.22. The first kappa shape index (κ1) is 23.3. The van der Waals surface area contributed by atoms with Crippen molar-refractivity contribution in [1.29, 1.82) is 0 Å². The van der Waals surface area contributed by atoms with Gasteiger partial charge in [-0.1, -0.05) is 42.5 Å². The lowest BCUT2D eigenvalue weighted by Gasteiger charge is -2.17. The van der Waals surface area contributed by atoms with Crippen molar-refractivity contribution in [3.8, 4) is 11.3 Å². The summed E-state index contributed by atoms with van der Waals surface area (Å²) in [6.07, 6.45) is 0.699. The van der Waals surface area contributed by atoms with Gasteiger partial charge in [0, 0.05) is 5.56 Å². The van der Waals surface area contributed by atoms with Crippen LogP contribution in [0.1, 0.15) is 41.1 Å². The van der Waals surface area contributed by atoms with Crippen molar-refractivity contribution in [3.05, 3.63) is 83.6 Å². The van der Waals surface area contributed by atoms with E-state index in [1.165, 1.54) is 18.3 Å². The number of aromatic carboxylic acids is 1. The van der Waals surface area contributed by atoms with E-state index in [0.717, 1.165) is 5.56 Å². The third-order valence-electron chi connectivity index (χ3n) is 4.58. The molecule has 0 bridgehead atoms. The van der Waals surface area contributed by atoms with Crippen LogP contribution in [-0.4, -0.2) is 35.9 Å². The van der Waals surface area contributed by atoms with E-state index >= 15 is 0 Å². The summed E-state index contributed by atoms with van der Waals surface area (Å²) < 4.78 is 10.6. The van der Waals surface area contributed by atoms with Gasteiger partial charge in [0.15, 0.2) is 0 Å². The first-order chi connectivity index (χ1) is 16.0. The van der Waals surface area contributed by atoms with Crippen LogP contribution in [-0.2, 0) is 9.53 Å². The fourth-order valence-electron chi connectivity index (χ4n) is 3.01. The normalized spacial score (nSPS) is 11.7. The Bertz CT molecular complexity index is 1120. The van der Waals surface area contributed by atoms with Crippen molar-refractivity contribution in [2.24, 2.45) is 5.10 Å². The van der Waals surface area contributed by atoms with E-state index in [-0.39, 0.29) is 18.6 Å². The van der Waals surface area contributed by atoms with Crippen LogP contribution in [0.2, 0.25) is 0 Å². The lowest BCUT2D eigenvalue weighted by atomic mass is 10.0. The number of carbonyl (C=O) groups excluding carboxylic acids is 2. The maximum atomic E-state index is 12.4. The van der Waals surface area contributed by atoms with Gasteiger partial charge in [0.05, 0.1) is 30.8 Å². The molecule has 0 aliphatic carbocycles. The molecule has 9 heteroatoms. The van der Waals surface area contributed by atoms with Gasteiger partial charge in [-0.05, 0) is 36.8 Å². The predicted octanol–water partition coefficient (Wildman–Crippen LogP) is 3.97. The van der Waals surface area contributed by atoms with Crippen LogP contribution in [0, 0.1) is 0 Å². The summed E-state index contributed by atoms with van der Waals surface area (Å²) in [6, 6.07) is 18.2. The molecule has 2 aromatic carbocycles. The number of rotatable bonds is 9. The van der Waals surface area contributed by atoms with Crippen LogP contribution in [0.5, 0.6) is 0 Å². The van der Waals surface area contributed by atoms with E-state index in [1.807, 2.05) is 18.2 Å². The number of carbonyl (C=O) groups is 3. The summed E-state index contributed by atoms with van der Waals surface area (Å²) in [6.45, 7) is 1.92. The number of hydrogen-bond donors (Lipinski definition) is 3. The van der Waals surface area contributed by atoms with Crippen molar-refractivity contribution in [2.45, 2.75) is 19.4 Å². The van der Waals surface area contributed by atoms with Gasteiger partial charge in [-0.25, -0.2) is 15.0 Å². The molecule has 1 atom stereocenters. The fourth-order valence-corrected chi connectivity index (χ4v) is 3.01. The standard InChI is InChI=1S/C24H23N3O6/c1-2-32-24(31)26-20(16-6-4-3-5-7-16)14-22(28)27-25-15-19-12-13-21(33-19)17-8-10-18(11-9-17)23(29)30/h3-13,15,20H,2,14H2,1H3,(H,26,31)(H,27,28)(H,29,30)/b25-15-/t20-/m0/s1. The molecule has 3 N–H and O–H groups in total. The summed E-state index contributed by atoms with van der Waals surface area (Å²) in [7, 11) is 0. The molecule has 9 nitrogen and oxygen atoms in total. The average Bonchev–Trinajstić information content (AvgIpc) is 3.28. The second-order valence-corrected chi connectivity index (χ2v) is 6.91. The Morgan fingerprint density at radius 1 is 1.06 bits per heavy atom. The molecule has 1 heterocycles. The Morgan fingerprint density at radius 3 is 2.45 bits per heavy atom. The lowest BCUT2D eigenvalue weighted by Crippen LogP contribution is -2.33. The number of hydrogen-bond acceptors (Lipinski definition) is 6. The molecule has 3 rings (SSSR count). The van der Waals surface area contributed by atoms with E-state index in [9.17, 15) is 14.4 Å². The van der Waals surface area contributed by atoms with Gasteiger partial charge >= 0.3 is 12.1 Å². The third kappa shape index (κ3) is 6.79. The highest BCUT2D eigenvalue weighted by Gasteiger charge is 2.18. The van der Waals surface area contributed by atoms with Gasteiger partial charge < -0.3 is 19.6 Å². The zero-order chi connectivity index (χ0) is 23.6. The Morgan fingerprint density at radius 2 is 1.79 bits per heavy atom. The quantitative estimate of drug-likeness (QED) is 0.335. The average molecular weight is 449 g/mol. The maximum Gasteiger partial charge on any atom is 0.407 e. The van der Waals surface area contributed by atoms with Crippen molar-refractivity contribution in [2.75, 3.05) is 6.61 Å². The first-order valence-corrected chi connectivity index (χ1v) is 10.2. The van der Waals surface area contributed by atoms with Crippen LogP contribution in [0.15, 0.2) is 76.2 Å². The van der Waals surface area contributed by atoms with Crippen molar-refractivity contribution >= 4 is 24.2 Å². The van der Waals surface area contributed by atoms with Gasteiger partial charge in [-0.3, -0.25) is 4.79 Å². The molecule has 0 radical (unpaired) electrons. The Kier molecular flexibility index (Phi) is 7.96. The molecule has 0 saturated heterocycles. The van der Waals surface area contributed by atoms with E-state index < -0.39 is 24.0 Å². The summed E-state index contributed by atoms with van der Waals surface area (Å²) in [5, 5.41) is 15.6. The molecule has 0 saturated carbocycles. The Hall–Kier alpha value is -4.40. The third-order valence-corrected chi connectivity index (χ3v) is 4.58. The maximum absolute atomic E-state index is 12.4. The lowest BCUT2D eigenvalue weighted by molar-refractivity contribution is -0.121. The molecule has 33 heavy (non-hydrogen) atoms. The van der Waals surface area contributed by atoms with Crippen molar-refractivity contribution < 1.29 is 28.6 Å². The Labute approximate surface area is 190 Å². The van der Waals surface area contributed by atoms with Crippen LogP contribution in [0.25, 0.3) is 11.3 Å². The molecule has 170 valence electrons. The monoisotopic (exact) mass is 449 g/mol. The molecule has 2 amide bonds. The van der Waals surface area contributed by atoms with Crippen LogP contribution in [0.4, 0.5) is 4.79 Å². The minimum absolute atomic E-state index is 0.0422. The number of carboxylic acid groups (broad SMARTS) is 1. The second-order valence-electron chi connectivity index (χ2n) is 6.91. The van der Waals surface area contributed by atoms with Gasteiger partial charge in [-0.2, -0.15) is 5.10 Å². The molecule has 3 aromatic rings. The largest absolute Gasteiger partial charge is 0.478 e. The van der Waals surface area contributed by atoms with E-state index in [1.54, 1.807) is 43.3 Å². The van der Waals surface area contributed by atoms with E-state index in [4.69, 9.17) is 14.3 Å². The number of nitrogens with zero attached hydrogens (tertiary/aromatic N) is 1. The fraction of sp³-hybridized carbons (Fsp3) is 0.167. The van der Waals surface area contributed by atoms with Crippen LogP contribution < -0.4 is 10.7 Å². The molecule has 0 aliphatic heterocycles. The van der Waals surface area contributed by atoms with Crippen molar-refractivity contribution in [3.63, 3.8) is 0 Å². The number of carboxylic acids is 1. The molecule has 0 unspecified atom stereocenters. The molecule has 1 aromatic heterocycles. The van der Waals surface area contributed by atoms with E-state index in [0.29, 0.717) is 17.1 Å². The number of hydrazone groups is 1. The highest BCUT2D eigenvalue weighted by atomic mass is 16.5. The second kappa shape index (κ2) is 11.3. The number of benzene rings is 2. The van der Waals surface area contributed by atoms with Crippen LogP contribution >= 0.6 is 0 Å². The first-order valence-electron chi connectivity index (χ1n) is 10.2. The summed E-state index contributed by atoms with van der Waals surface area (Å²) in [4.78, 5) is 35.2. The molecular weight excluding hydrogens is 426 g/mol. The zero-order valence-corrected chi connectivity index (χ0v) is 17.9. The minimum Gasteiger partial charge on any atom is -0.478 e. The number of alkyl carbamates (subject to hydrolysis) is 1. The minimum atomic E-state index is -1.00. The Balaban J connectivity index is 1.59. The topological polar surface area (TPSA) is 130 Å². The number of ether oxygens (including phenoxy) is 1. The molecule has 0 aliphatic rings. The molecule has 0 spiro atoms. The number of furan rings is 1. The SMILES string of the molecule is CCOC(=O)N[C@@H](CC(=O)N/N=C\c1ccc(-c2ccc(C(=O)O)cc2)o1)c1ccccc1. The predicted molar refractivity (Wildman–Crippen MR) is 121 cm³/mol.